The Morgan fingerprint density at radius 3 is 3.25 bits per heavy atom. The van der Waals surface area contributed by atoms with Crippen LogP contribution in [0.3, 0.4) is 0 Å². The minimum absolute atomic E-state index is 0.458. The third-order valence-electron chi connectivity index (χ3n) is 1.26. The Morgan fingerprint density at radius 1 is 1.88 bits per heavy atom. The van der Waals surface area contributed by atoms with Gasteiger partial charge in [-0.2, -0.15) is 0 Å². The molecule has 0 saturated heterocycles. The van der Waals surface area contributed by atoms with Crippen LogP contribution < -0.4 is 0 Å². The summed E-state index contributed by atoms with van der Waals surface area (Å²) < 4.78 is 4.92. The summed E-state index contributed by atoms with van der Waals surface area (Å²) in [5.41, 5.74) is 0. The summed E-state index contributed by atoms with van der Waals surface area (Å²) in [6.45, 7) is 2.96. The van der Waals surface area contributed by atoms with Crippen molar-refractivity contribution in [3.8, 4) is 0 Å². The highest BCUT2D eigenvalue weighted by molar-refractivity contribution is 5.48. The van der Waals surface area contributed by atoms with Gasteiger partial charge >= 0.3 is 0 Å². The molecule has 0 aliphatic carbocycles. The van der Waals surface area contributed by atoms with Crippen molar-refractivity contribution in [2.45, 2.75) is 25.8 Å². The molecule has 0 spiro atoms. The molecule has 2 heteroatoms. The summed E-state index contributed by atoms with van der Waals surface area (Å²) in [7, 11) is 0. The van der Waals surface area contributed by atoms with Gasteiger partial charge in [0.05, 0.1) is 6.04 Å². The van der Waals surface area contributed by atoms with Crippen LogP contribution in [0.5, 0.6) is 0 Å². The fraction of sp³-hybridized carbons (Fsp3) is 0.833. The van der Waals surface area contributed by atoms with Crippen molar-refractivity contribution in [2.24, 2.45) is 4.99 Å². The second-order valence-electron chi connectivity index (χ2n) is 2.03. The van der Waals surface area contributed by atoms with Crippen LogP contribution in [0.25, 0.3) is 0 Å². The Bertz CT molecular complexity index is 90.5. The van der Waals surface area contributed by atoms with Crippen LogP contribution in [0.15, 0.2) is 4.99 Å². The topological polar surface area (TPSA) is 21.6 Å². The molecule has 0 fully saturated rings. The summed E-state index contributed by atoms with van der Waals surface area (Å²) in [5, 5.41) is 0. The van der Waals surface area contributed by atoms with Crippen molar-refractivity contribution >= 4 is 6.40 Å². The molecule has 1 aliphatic heterocycles. The fourth-order valence-corrected chi connectivity index (χ4v) is 0.817. The summed E-state index contributed by atoms with van der Waals surface area (Å²) >= 11 is 0. The SMILES string of the molecule is CCC[C@H]1COC=N1. The first-order valence-electron chi connectivity index (χ1n) is 3.06. The Kier molecular flexibility index (Phi) is 1.89. The number of hydrogen-bond acceptors (Lipinski definition) is 2. The molecular weight excluding hydrogens is 102 g/mol. The van der Waals surface area contributed by atoms with Gasteiger partial charge in [0.25, 0.3) is 0 Å². The van der Waals surface area contributed by atoms with Crippen molar-refractivity contribution in [3.63, 3.8) is 0 Å². The maximum atomic E-state index is 4.92. The predicted molar refractivity (Wildman–Crippen MR) is 33.1 cm³/mol. The zero-order valence-electron chi connectivity index (χ0n) is 5.13. The predicted octanol–water partition coefficient (Wildman–Crippen LogP) is 1.21. The summed E-state index contributed by atoms with van der Waals surface area (Å²) in [6.07, 6.45) is 3.92. The van der Waals surface area contributed by atoms with Crippen LogP contribution in [-0.2, 0) is 4.74 Å². The van der Waals surface area contributed by atoms with Crippen molar-refractivity contribution < 1.29 is 4.74 Å². The summed E-state index contributed by atoms with van der Waals surface area (Å²) in [6, 6.07) is 0.458. The number of ether oxygens (including phenoxy) is 1. The molecule has 0 bridgehead atoms. The van der Waals surface area contributed by atoms with Gasteiger partial charge < -0.3 is 4.74 Å². The highest BCUT2D eigenvalue weighted by atomic mass is 16.5. The third-order valence-corrected chi connectivity index (χ3v) is 1.26. The van der Waals surface area contributed by atoms with E-state index in [0.29, 0.717) is 6.04 Å². The van der Waals surface area contributed by atoms with Crippen LogP contribution in [0.1, 0.15) is 19.8 Å². The van der Waals surface area contributed by atoms with Crippen molar-refractivity contribution in [3.05, 3.63) is 0 Å². The van der Waals surface area contributed by atoms with E-state index in [0.717, 1.165) is 13.0 Å². The van der Waals surface area contributed by atoms with Crippen LogP contribution in [0, 0.1) is 0 Å². The summed E-state index contributed by atoms with van der Waals surface area (Å²) in [5.74, 6) is 0. The first kappa shape index (κ1) is 5.60. The van der Waals surface area contributed by atoms with E-state index >= 15 is 0 Å². The number of hydrogen-bond donors (Lipinski definition) is 0. The zero-order valence-corrected chi connectivity index (χ0v) is 5.13. The van der Waals surface area contributed by atoms with Gasteiger partial charge in [-0.25, -0.2) is 0 Å². The molecule has 1 aliphatic rings. The number of nitrogens with zero attached hydrogens (tertiary/aromatic N) is 1. The van der Waals surface area contributed by atoms with Gasteiger partial charge in [-0.3, -0.25) is 4.99 Å². The van der Waals surface area contributed by atoms with Crippen molar-refractivity contribution in [1.82, 2.24) is 0 Å². The van der Waals surface area contributed by atoms with E-state index < -0.39 is 0 Å². The van der Waals surface area contributed by atoms with E-state index in [1.165, 1.54) is 6.42 Å². The quantitative estimate of drug-likeness (QED) is 0.527. The molecule has 1 heterocycles. The standard InChI is InChI=1S/C6H11NO/c1-2-3-6-4-8-5-7-6/h5-6H,2-4H2,1H3/t6-/m0/s1. The Balaban J connectivity index is 2.16. The van der Waals surface area contributed by atoms with E-state index in [2.05, 4.69) is 11.9 Å². The third kappa shape index (κ3) is 1.22. The highest BCUT2D eigenvalue weighted by Crippen LogP contribution is 2.05. The molecule has 2 nitrogen and oxygen atoms in total. The fourth-order valence-electron chi connectivity index (χ4n) is 0.817. The van der Waals surface area contributed by atoms with Gasteiger partial charge in [0.1, 0.15) is 6.61 Å². The molecule has 0 unspecified atom stereocenters. The minimum atomic E-state index is 0.458. The second-order valence-corrected chi connectivity index (χ2v) is 2.03. The van der Waals surface area contributed by atoms with Crippen LogP contribution >= 0.6 is 0 Å². The lowest BCUT2D eigenvalue weighted by atomic mass is 10.2. The minimum Gasteiger partial charge on any atom is -0.481 e. The average molecular weight is 113 g/mol. The number of rotatable bonds is 2. The van der Waals surface area contributed by atoms with Crippen LogP contribution in [0.4, 0.5) is 0 Å². The maximum absolute atomic E-state index is 4.92. The van der Waals surface area contributed by atoms with Crippen molar-refractivity contribution in [2.75, 3.05) is 6.61 Å². The lowest BCUT2D eigenvalue weighted by Crippen LogP contribution is -2.04. The lowest BCUT2D eigenvalue weighted by Gasteiger charge is -1.99. The molecule has 0 N–H and O–H groups in total. The number of aliphatic imine (C=N–C) groups is 1. The molecule has 0 aromatic rings. The lowest BCUT2D eigenvalue weighted by molar-refractivity contribution is 0.321. The smallest absolute Gasteiger partial charge is 0.169 e. The zero-order chi connectivity index (χ0) is 5.82. The molecule has 46 valence electrons. The molecule has 0 aromatic heterocycles. The van der Waals surface area contributed by atoms with E-state index in [9.17, 15) is 0 Å². The normalized spacial score (nSPS) is 25.9. The van der Waals surface area contributed by atoms with Gasteiger partial charge in [0.2, 0.25) is 0 Å². The second kappa shape index (κ2) is 2.70. The first-order valence-corrected chi connectivity index (χ1v) is 3.06. The molecule has 0 aromatic carbocycles. The van der Waals surface area contributed by atoms with E-state index in [-0.39, 0.29) is 0 Å². The van der Waals surface area contributed by atoms with Gasteiger partial charge in [-0.15, -0.1) is 0 Å². The highest BCUT2D eigenvalue weighted by Gasteiger charge is 2.08. The van der Waals surface area contributed by atoms with Gasteiger partial charge in [0, 0.05) is 0 Å². The van der Waals surface area contributed by atoms with Crippen LogP contribution in [-0.4, -0.2) is 19.0 Å². The van der Waals surface area contributed by atoms with E-state index in [1.54, 1.807) is 6.40 Å². The molecular formula is C6H11NO. The molecule has 0 saturated carbocycles. The molecule has 0 radical (unpaired) electrons. The first-order chi connectivity index (χ1) is 3.93. The van der Waals surface area contributed by atoms with Crippen LogP contribution in [0.2, 0.25) is 0 Å². The Morgan fingerprint density at radius 2 is 2.75 bits per heavy atom. The van der Waals surface area contributed by atoms with Gasteiger partial charge in [0.15, 0.2) is 6.40 Å². The molecule has 0 amide bonds. The maximum Gasteiger partial charge on any atom is 0.169 e. The Labute approximate surface area is 49.6 Å². The van der Waals surface area contributed by atoms with Crippen molar-refractivity contribution in [1.29, 1.82) is 0 Å². The van der Waals surface area contributed by atoms with E-state index in [1.807, 2.05) is 0 Å². The summed E-state index contributed by atoms with van der Waals surface area (Å²) in [4.78, 5) is 4.08. The Hall–Kier alpha value is -0.530. The average Bonchev–Trinajstić information content (AvgIpc) is 2.19. The molecule has 1 atom stereocenters. The van der Waals surface area contributed by atoms with Gasteiger partial charge in [-0.05, 0) is 6.42 Å². The monoisotopic (exact) mass is 113 g/mol. The largest absolute Gasteiger partial charge is 0.481 e. The van der Waals surface area contributed by atoms with E-state index in [4.69, 9.17) is 4.74 Å². The molecule has 1 rings (SSSR count). The van der Waals surface area contributed by atoms with Gasteiger partial charge in [-0.1, -0.05) is 13.3 Å². The molecule has 8 heavy (non-hydrogen) atoms.